The van der Waals surface area contributed by atoms with E-state index in [1.54, 1.807) is 12.1 Å². The van der Waals surface area contributed by atoms with Crippen molar-refractivity contribution in [3.05, 3.63) is 35.6 Å². The lowest BCUT2D eigenvalue weighted by Crippen LogP contribution is -2.29. The van der Waals surface area contributed by atoms with Gasteiger partial charge in [0.05, 0.1) is 0 Å². The Hall–Kier alpha value is -0.890. The fourth-order valence-electron chi connectivity index (χ4n) is 2.42. The molecule has 1 aromatic carbocycles. The summed E-state index contributed by atoms with van der Waals surface area (Å²) in [5.41, 5.74) is 1.23. The van der Waals surface area contributed by atoms with Gasteiger partial charge in [-0.15, -0.1) is 0 Å². The highest BCUT2D eigenvalue weighted by atomic mass is 19.1. The molecule has 1 aliphatic heterocycles. The first kappa shape index (κ1) is 10.6. The van der Waals surface area contributed by atoms with E-state index in [9.17, 15) is 4.39 Å². The Morgan fingerprint density at radius 2 is 2.07 bits per heavy atom. The number of hydrogen-bond acceptors (Lipinski definition) is 1. The highest BCUT2D eigenvalue weighted by Crippen LogP contribution is 2.22. The predicted molar refractivity (Wildman–Crippen MR) is 60.3 cm³/mol. The van der Waals surface area contributed by atoms with Gasteiger partial charge in [-0.2, -0.15) is 0 Å². The Morgan fingerprint density at radius 3 is 2.73 bits per heavy atom. The fraction of sp³-hybridized carbons (Fsp3) is 0.538. The van der Waals surface area contributed by atoms with Crippen molar-refractivity contribution >= 4 is 0 Å². The topological polar surface area (TPSA) is 12.0 Å². The molecule has 2 rings (SSSR count). The van der Waals surface area contributed by atoms with E-state index in [0.29, 0.717) is 6.04 Å². The highest BCUT2D eigenvalue weighted by Gasteiger charge is 2.24. The van der Waals surface area contributed by atoms with Crippen LogP contribution >= 0.6 is 0 Å². The van der Waals surface area contributed by atoms with Crippen LogP contribution in [0.25, 0.3) is 0 Å². The third-order valence-corrected chi connectivity index (χ3v) is 3.38. The van der Waals surface area contributed by atoms with Gasteiger partial charge in [-0.25, -0.2) is 4.39 Å². The second-order valence-corrected chi connectivity index (χ2v) is 4.35. The molecule has 0 unspecified atom stereocenters. The largest absolute Gasteiger partial charge is 0.313 e. The molecule has 1 aliphatic rings. The zero-order chi connectivity index (χ0) is 10.7. The van der Waals surface area contributed by atoms with Gasteiger partial charge in [-0.05, 0) is 43.0 Å². The van der Waals surface area contributed by atoms with Crippen molar-refractivity contribution in [3.63, 3.8) is 0 Å². The minimum Gasteiger partial charge on any atom is -0.313 e. The molecule has 1 nitrogen and oxygen atoms in total. The van der Waals surface area contributed by atoms with Crippen LogP contribution in [-0.2, 0) is 6.42 Å². The van der Waals surface area contributed by atoms with Crippen LogP contribution in [0.15, 0.2) is 24.3 Å². The summed E-state index contributed by atoms with van der Waals surface area (Å²) in [5.74, 6) is 0.639. The van der Waals surface area contributed by atoms with Gasteiger partial charge in [0.25, 0.3) is 0 Å². The Labute approximate surface area is 90.7 Å². The molecule has 1 heterocycles. The minimum atomic E-state index is -0.148. The summed E-state index contributed by atoms with van der Waals surface area (Å²) in [7, 11) is 0. The molecule has 0 saturated carbocycles. The average molecular weight is 207 g/mol. The van der Waals surface area contributed by atoms with E-state index in [2.05, 4.69) is 12.2 Å². The Kier molecular flexibility index (Phi) is 3.37. The third-order valence-electron chi connectivity index (χ3n) is 3.38. The molecule has 0 bridgehead atoms. The summed E-state index contributed by atoms with van der Waals surface area (Å²) in [6, 6.07) is 7.46. The lowest BCUT2D eigenvalue weighted by Gasteiger charge is -2.17. The van der Waals surface area contributed by atoms with Gasteiger partial charge in [0, 0.05) is 6.04 Å². The monoisotopic (exact) mass is 207 g/mol. The van der Waals surface area contributed by atoms with Gasteiger partial charge in [-0.1, -0.05) is 25.5 Å². The first-order valence-electron chi connectivity index (χ1n) is 5.77. The van der Waals surface area contributed by atoms with E-state index in [4.69, 9.17) is 0 Å². The molecule has 0 aliphatic carbocycles. The van der Waals surface area contributed by atoms with Gasteiger partial charge in [-0.3, -0.25) is 0 Å². The summed E-state index contributed by atoms with van der Waals surface area (Å²) >= 11 is 0. The van der Waals surface area contributed by atoms with Crippen LogP contribution in [0, 0.1) is 11.7 Å². The van der Waals surface area contributed by atoms with Crippen LogP contribution in [0.2, 0.25) is 0 Å². The van der Waals surface area contributed by atoms with Crippen LogP contribution in [0.3, 0.4) is 0 Å². The predicted octanol–water partition coefficient (Wildman–Crippen LogP) is 2.76. The summed E-state index contributed by atoms with van der Waals surface area (Å²) in [6.07, 6.45) is 3.54. The van der Waals surface area contributed by atoms with Gasteiger partial charge in [0.1, 0.15) is 5.82 Å². The smallest absolute Gasteiger partial charge is 0.123 e. The summed E-state index contributed by atoms with van der Waals surface area (Å²) < 4.78 is 12.7. The van der Waals surface area contributed by atoms with E-state index < -0.39 is 0 Å². The molecule has 1 aromatic rings. The van der Waals surface area contributed by atoms with Gasteiger partial charge in [0.15, 0.2) is 0 Å². The standard InChI is InChI=1S/C13H18FN/c1-2-11-7-8-15-13(11)9-10-3-5-12(14)6-4-10/h3-6,11,13,15H,2,7-9H2,1H3/t11-,13+/m0/s1. The molecule has 2 heteroatoms. The molecule has 1 fully saturated rings. The van der Waals surface area contributed by atoms with Crippen molar-refractivity contribution in [2.45, 2.75) is 32.2 Å². The van der Waals surface area contributed by atoms with Crippen molar-refractivity contribution in [1.82, 2.24) is 5.32 Å². The number of hydrogen-bond donors (Lipinski definition) is 1. The van der Waals surface area contributed by atoms with Gasteiger partial charge in [0.2, 0.25) is 0 Å². The third kappa shape index (κ3) is 2.57. The fourth-order valence-corrected chi connectivity index (χ4v) is 2.42. The van der Waals surface area contributed by atoms with Crippen LogP contribution < -0.4 is 5.32 Å². The summed E-state index contributed by atoms with van der Waals surface area (Å²) in [5, 5.41) is 3.53. The maximum atomic E-state index is 12.7. The SMILES string of the molecule is CC[C@H]1CCN[C@@H]1Cc1ccc(F)cc1. The van der Waals surface area contributed by atoms with Crippen molar-refractivity contribution in [3.8, 4) is 0 Å². The molecule has 15 heavy (non-hydrogen) atoms. The molecule has 1 saturated heterocycles. The molecule has 1 N–H and O–H groups in total. The minimum absolute atomic E-state index is 0.148. The van der Waals surface area contributed by atoms with Crippen LogP contribution in [0.4, 0.5) is 4.39 Å². The van der Waals surface area contributed by atoms with E-state index in [-0.39, 0.29) is 5.82 Å². The van der Waals surface area contributed by atoms with E-state index >= 15 is 0 Å². The molecule has 0 amide bonds. The molecule has 2 atom stereocenters. The van der Waals surface area contributed by atoms with Crippen molar-refractivity contribution in [2.75, 3.05) is 6.54 Å². The Balaban J connectivity index is 1.99. The van der Waals surface area contributed by atoms with E-state index in [1.807, 2.05) is 12.1 Å². The van der Waals surface area contributed by atoms with Crippen molar-refractivity contribution in [2.24, 2.45) is 5.92 Å². The lowest BCUT2D eigenvalue weighted by molar-refractivity contribution is 0.432. The average Bonchev–Trinajstić information content (AvgIpc) is 2.69. The van der Waals surface area contributed by atoms with Crippen LogP contribution in [0.1, 0.15) is 25.3 Å². The lowest BCUT2D eigenvalue weighted by atomic mass is 9.93. The molecule has 82 valence electrons. The molecular formula is C13H18FN. The molecule has 0 aromatic heterocycles. The van der Waals surface area contributed by atoms with Crippen LogP contribution in [0.5, 0.6) is 0 Å². The second kappa shape index (κ2) is 4.75. The normalized spacial score (nSPS) is 25.7. The zero-order valence-electron chi connectivity index (χ0n) is 9.17. The number of benzene rings is 1. The first-order chi connectivity index (χ1) is 7.29. The number of rotatable bonds is 3. The van der Waals surface area contributed by atoms with E-state index in [0.717, 1.165) is 18.9 Å². The maximum absolute atomic E-state index is 12.7. The van der Waals surface area contributed by atoms with Gasteiger partial charge < -0.3 is 5.32 Å². The quantitative estimate of drug-likeness (QED) is 0.803. The summed E-state index contributed by atoms with van der Waals surface area (Å²) in [4.78, 5) is 0. The molecule has 0 spiro atoms. The molecular weight excluding hydrogens is 189 g/mol. The summed E-state index contributed by atoms with van der Waals surface area (Å²) in [6.45, 7) is 3.37. The van der Waals surface area contributed by atoms with Crippen molar-refractivity contribution in [1.29, 1.82) is 0 Å². The van der Waals surface area contributed by atoms with Gasteiger partial charge >= 0.3 is 0 Å². The van der Waals surface area contributed by atoms with E-state index in [1.165, 1.54) is 18.4 Å². The highest BCUT2D eigenvalue weighted by molar-refractivity contribution is 5.17. The Morgan fingerprint density at radius 1 is 1.33 bits per heavy atom. The molecule has 0 radical (unpaired) electrons. The van der Waals surface area contributed by atoms with Crippen molar-refractivity contribution < 1.29 is 4.39 Å². The zero-order valence-corrected chi connectivity index (χ0v) is 9.17. The first-order valence-corrected chi connectivity index (χ1v) is 5.77. The second-order valence-electron chi connectivity index (χ2n) is 4.35. The number of nitrogens with one attached hydrogen (secondary N) is 1. The Bertz CT molecular complexity index is 307. The maximum Gasteiger partial charge on any atom is 0.123 e. The number of halogens is 1. The van der Waals surface area contributed by atoms with Crippen LogP contribution in [-0.4, -0.2) is 12.6 Å².